The highest BCUT2D eigenvalue weighted by atomic mass is 32.4. The molecule has 0 fully saturated rings. The van der Waals surface area contributed by atoms with Gasteiger partial charge in [-0.05, 0) is 26.8 Å². The van der Waals surface area contributed by atoms with Crippen LogP contribution in [-0.4, -0.2) is 31.7 Å². The van der Waals surface area contributed by atoms with Gasteiger partial charge in [0, 0.05) is 16.7 Å². The van der Waals surface area contributed by atoms with Crippen molar-refractivity contribution in [2.75, 3.05) is 0 Å². The summed E-state index contributed by atoms with van der Waals surface area (Å²) in [5.74, 6) is -16.0. The molecule has 0 spiro atoms. The van der Waals surface area contributed by atoms with Crippen LogP contribution in [0.1, 0.15) is 0 Å². The first-order valence-corrected chi connectivity index (χ1v) is 16.9. The van der Waals surface area contributed by atoms with E-state index in [0.29, 0.717) is 16.0 Å². The molecule has 0 radical (unpaired) electrons. The molecule has 0 unspecified atom stereocenters. The monoisotopic (exact) mass is 692 g/mol. The van der Waals surface area contributed by atoms with Crippen molar-refractivity contribution >= 4 is 65.4 Å². The second kappa shape index (κ2) is 11.0. The van der Waals surface area contributed by atoms with Gasteiger partial charge < -0.3 is 4.18 Å². The summed E-state index contributed by atoms with van der Waals surface area (Å²) in [6.45, 7) is 0. The molecule has 0 saturated carbocycles. The van der Waals surface area contributed by atoms with Crippen LogP contribution in [-0.2, 0) is 21.9 Å². The minimum Gasteiger partial charge on any atom is -0.377 e. The summed E-state index contributed by atoms with van der Waals surface area (Å²) in [6.07, 6.45) is -7.24. The minimum atomic E-state index is -7.48. The van der Waals surface area contributed by atoms with Crippen molar-refractivity contribution in [1.82, 2.24) is 0 Å². The van der Waals surface area contributed by atoms with E-state index >= 15 is 8.78 Å². The van der Waals surface area contributed by atoms with Gasteiger partial charge in [0.2, 0.25) is 0 Å². The Labute approximate surface area is 255 Å². The first-order valence-electron chi connectivity index (χ1n) is 12.7. The van der Waals surface area contributed by atoms with Gasteiger partial charge in [0.05, 0.1) is 0 Å². The van der Waals surface area contributed by atoms with E-state index in [4.69, 9.17) is 16.0 Å². The zero-order valence-corrected chi connectivity index (χ0v) is 24.8. The van der Waals surface area contributed by atoms with Crippen LogP contribution in [0.3, 0.4) is 0 Å². The Bertz CT molecular complexity index is 2010. The van der Waals surface area contributed by atoms with Crippen LogP contribution in [0.4, 0.5) is 39.5 Å². The Morgan fingerprint density at radius 1 is 0.533 bits per heavy atom. The second-order valence-corrected chi connectivity index (χ2v) is 15.7. The van der Waals surface area contributed by atoms with Gasteiger partial charge in [-0.2, -0.15) is 47.9 Å². The van der Waals surface area contributed by atoms with Crippen LogP contribution in [0.5, 0.6) is 5.75 Å². The Morgan fingerprint density at radius 3 is 1.36 bits per heavy atom. The SMILES string of the molecule is O=S(=O)(Oc1c(P(=S)(c2ccccc2)c2ccccc2)c2ccccc2c2ccccc12)C(F)(F)C(F)(F)C(F)(F)C(F)(F)F. The molecule has 0 bridgehead atoms. The zero-order chi connectivity index (χ0) is 33.1. The fourth-order valence-electron chi connectivity index (χ4n) is 4.85. The van der Waals surface area contributed by atoms with Gasteiger partial charge in [0.15, 0.2) is 5.75 Å². The lowest BCUT2D eigenvalue weighted by atomic mass is 10.0. The molecule has 3 nitrogen and oxygen atoms in total. The van der Waals surface area contributed by atoms with Crippen LogP contribution >= 0.6 is 6.04 Å². The Morgan fingerprint density at radius 2 is 0.911 bits per heavy atom. The predicted octanol–water partition coefficient (Wildman–Crippen LogP) is 7.88. The van der Waals surface area contributed by atoms with E-state index in [1.54, 1.807) is 72.8 Å². The number of alkyl halides is 9. The van der Waals surface area contributed by atoms with Gasteiger partial charge in [0.25, 0.3) is 0 Å². The molecule has 0 aliphatic carbocycles. The van der Waals surface area contributed by atoms with E-state index in [2.05, 4.69) is 0 Å². The number of halogens is 9. The topological polar surface area (TPSA) is 43.4 Å². The third-order valence-electron chi connectivity index (χ3n) is 7.04. The summed E-state index contributed by atoms with van der Waals surface area (Å²) in [7, 11) is -7.31. The summed E-state index contributed by atoms with van der Waals surface area (Å²) in [6, 6.07) is 23.9. The molecule has 0 aromatic heterocycles. The number of hydrogen-bond donors (Lipinski definition) is 0. The molecule has 0 heterocycles. The van der Waals surface area contributed by atoms with E-state index < -0.39 is 45.2 Å². The van der Waals surface area contributed by atoms with Gasteiger partial charge >= 0.3 is 33.4 Å². The molecule has 5 rings (SSSR count). The normalized spacial score (nSPS) is 13.7. The maximum absolute atomic E-state index is 15.0. The van der Waals surface area contributed by atoms with Crippen molar-refractivity contribution in [2.45, 2.75) is 23.3 Å². The highest BCUT2D eigenvalue weighted by molar-refractivity contribution is 8.25. The fourth-order valence-corrected chi connectivity index (χ4v) is 10.1. The third kappa shape index (κ3) is 4.97. The third-order valence-corrected chi connectivity index (χ3v) is 13.2. The highest BCUT2D eigenvalue weighted by Gasteiger charge is 2.86. The second-order valence-electron chi connectivity index (χ2n) is 9.75. The molecule has 45 heavy (non-hydrogen) atoms. The number of rotatable bonds is 8. The maximum atomic E-state index is 15.0. The zero-order valence-electron chi connectivity index (χ0n) is 22.3. The molecule has 5 aromatic carbocycles. The summed E-state index contributed by atoms with van der Waals surface area (Å²) in [4.78, 5) is 0. The van der Waals surface area contributed by atoms with Crippen LogP contribution < -0.4 is 20.1 Å². The molecule has 236 valence electrons. The van der Waals surface area contributed by atoms with Crippen LogP contribution in [0.2, 0.25) is 0 Å². The first-order chi connectivity index (χ1) is 20.9. The van der Waals surface area contributed by atoms with E-state index in [9.17, 15) is 39.2 Å². The Kier molecular flexibility index (Phi) is 8.03. The standard InChI is InChI=1S/C30H18F9O3PS2/c31-27(32,29(35,36)37)28(33,34)30(38,39)45(40,41)42-25-23-17-9-7-15-21(23)22-16-8-10-18-24(22)26(25)43(44,19-11-3-1-4-12-19)20-13-5-2-6-14-20/h1-18H. The van der Waals surface area contributed by atoms with Crippen LogP contribution in [0.15, 0.2) is 109 Å². The predicted molar refractivity (Wildman–Crippen MR) is 158 cm³/mol. The van der Waals surface area contributed by atoms with Crippen molar-refractivity contribution in [2.24, 2.45) is 0 Å². The van der Waals surface area contributed by atoms with E-state index in [0.717, 1.165) is 0 Å². The molecule has 0 saturated heterocycles. The largest absolute Gasteiger partial charge is 0.460 e. The van der Waals surface area contributed by atoms with Crippen molar-refractivity contribution in [3.8, 4) is 5.75 Å². The smallest absolute Gasteiger partial charge is 0.377 e. The molecule has 0 aliphatic heterocycles. The quantitative estimate of drug-likeness (QED) is 0.0719. The molecule has 15 heteroatoms. The van der Waals surface area contributed by atoms with Crippen LogP contribution in [0.25, 0.3) is 21.5 Å². The van der Waals surface area contributed by atoms with Gasteiger partial charge in [-0.15, -0.1) is 0 Å². The van der Waals surface area contributed by atoms with Crippen molar-refractivity contribution in [3.05, 3.63) is 109 Å². The Balaban J connectivity index is 1.91. The Hall–Kier alpha value is -3.61. The van der Waals surface area contributed by atoms with Gasteiger partial charge in [-0.25, -0.2) is 0 Å². The summed E-state index contributed by atoms with van der Waals surface area (Å²) in [5, 5.41) is -6.09. The molecular weight excluding hydrogens is 674 g/mol. The van der Waals surface area contributed by atoms with Gasteiger partial charge in [0.1, 0.15) is 0 Å². The summed E-state index contributed by atoms with van der Waals surface area (Å²) in [5.41, 5.74) is 0. The molecule has 0 N–H and O–H groups in total. The first kappa shape index (κ1) is 32.8. The average Bonchev–Trinajstić information content (AvgIpc) is 3.01. The molecule has 0 atom stereocenters. The fraction of sp³-hybridized carbons (Fsp3) is 0.133. The lowest BCUT2D eigenvalue weighted by molar-refractivity contribution is -0.382. The molecule has 0 aliphatic rings. The summed E-state index contributed by atoms with van der Waals surface area (Å²) < 4.78 is 156. The van der Waals surface area contributed by atoms with E-state index in [-0.39, 0.29) is 21.5 Å². The van der Waals surface area contributed by atoms with Crippen molar-refractivity contribution in [1.29, 1.82) is 0 Å². The lowest BCUT2D eigenvalue weighted by Gasteiger charge is -2.33. The highest BCUT2D eigenvalue weighted by Crippen LogP contribution is 2.56. The molecule has 5 aromatic rings. The maximum Gasteiger partial charge on any atom is 0.460 e. The van der Waals surface area contributed by atoms with Crippen molar-refractivity contribution in [3.63, 3.8) is 0 Å². The number of benzene rings is 5. The molecular formula is C30H18F9O3PS2. The lowest BCUT2D eigenvalue weighted by Crippen LogP contribution is -2.63. The van der Waals surface area contributed by atoms with Crippen molar-refractivity contribution < 1.29 is 52.1 Å². The number of hydrogen-bond acceptors (Lipinski definition) is 4. The minimum absolute atomic E-state index is 0.146. The van der Waals surface area contributed by atoms with Gasteiger partial charge in [-0.1, -0.05) is 121 Å². The van der Waals surface area contributed by atoms with E-state index in [1.807, 2.05) is 0 Å². The van der Waals surface area contributed by atoms with Gasteiger partial charge in [-0.3, -0.25) is 0 Å². The average molecular weight is 693 g/mol. The molecule has 0 amide bonds. The van der Waals surface area contributed by atoms with Crippen LogP contribution in [0, 0.1) is 0 Å². The summed E-state index contributed by atoms with van der Waals surface area (Å²) >= 11 is 6.28. The number of fused-ring (bicyclic) bond motifs is 3. The van der Waals surface area contributed by atoms with E-state index in [1.165, 1.54) is 36.4 Å².